The molecule has 16 heavy (non-hydrogen) atoms. The standard InChI is InChI=1S/C12H13NO3/c1-16-12(15)10-4-2-9(3-5-10)8-13-7-6-11(13)14/h2-5H,6-8H2,1H3. The van der Waals surface area contributed by atoms with Crippen molar-refractivity contribution in [3.63, 3.8) is 0 Å². The molecule has 0 radical (unpaired) electrons. The predicted octanol–water partition coefficient (Wildman–Crippen LogP) is 1.21. The SMILES string of the molecule is COC(=O)c1ccc(CN2CCC2=O)cc1. The summed E-state index contributed by atoms with van der Waals surface area (Å²) in [4.78, 5) is 24.1. The second-order valence-corrected chi connectivity index (χ2v) is 3.75. The molecule has 0 atom stereocenters. The molecule has 0 aromatic heterocycles. The van der Waals surface area contributed by atoms with Gasteiger partial charge < -0.3 is 9.64 Å². The van der Waals surface area contributed by atoms with Gasteiger partial charge in [0.15, 0.2) is 0 Å². The van der Waals surface area contributed by atoms with E-state index in [1.807, 2.05) is 12.1 Å². The third-order valence-electron chi connectivity index (χ3n) is 2.70. The minimum absolute atomic E-state index is 0.192. The van der Waals surface area contributed by atoms with E-state index in [-0.39, 0.29) is 11.9 Å². The molecule has 4 heteroatoms. The highest BCUT2D eigenvalue weighted by atomic mass is 16.5. The van der Waals surface area contributed by atoms with Crippen LogP contribution in [-0.4, -0.2) is 30.4 Å². The number of hydrogen-bond donors (Lipinski definition) is 0. The Hall–Kier alpha value is -1.84. The van der Waals surface area contributed by atoms with Crippen molar-refractivity contribution in [1.82, 2.24) is 4.90 Å². The van der Waals surface area contributed by atoms with E-state index in [9.17, 15) is 9.59 Å². The first-order valence-corrected chi connectivity index (χ1v) is 5.16. The van der Waals surface area contributed by atoms with E-state index in [0.717, 1.165) is 12.1 Å². The molecule has 1 fully saturated rings. The number of ether oxygens (including phenoxy) is 1. The molecule has 0 bridgehead atoms. The van der Waals surface area contributed by atoms with Crippen molar-refractivity contribution in [3.8, 4) is 0 Å². The van der Waals surface area contributed by atoms with E-state index < -0.39 is 0 Å². The van der Waals surface area contributed by atoms with Gasteiger partial charge in [-0.25, -0.2) is 4.79 Å². The maximum atomic E-state index is 11.2. The largest absolute Gasteiger partial charge is 0.465 e. The van der Waals surface area contributed by atoms with Crippen LogP contribution in [0.15, 0.2) is 24.3 Å². The molecule has 1 aliphatic rings. The lowest BCUT2D eigenvalue weighted by molar-refractivity contribution is -0.140. The van der Waals surface area contributed by atoms with E-state index in [2.05, 4.69) is 4.74 Å². The lowest BCUT2D eigenvalue weighted by Gasteiger charge is -2.30. The lowest BCUT2D eigenvalue weighted by Crippen LogP contribution is -2.42. The molecule has 0 aliphatic carbocycles. The number of methoxy groups -OCH3 is 1. The Bertz CT molecular complexity index is 411. The molecule has 1 aromatic carbocycles. The first-order valence-electron chi connectivity index (χ1n) is 5.16. The second kappa shape index (κ2) is 4.35. The van der Waals surface area contributed by atoms with Crippen molar-refractivity contribution in [2.75, 3.05) is 13.7 Å². The summed E-state index contributed by atoms with van der Waals surface area (Å²) in [7, 11) is 1.36. The van der Waals surface area contributed by atoms with Crippen molar-refractivity contribution >= 4 is 11.9 Å². The molecule has 1 amide bonds. The smallest absolute Gasteiger partial charge is 0.337 e. The summed E-state index contributed by atoms with van der Waals surface area (Å²) in [6, 6.07) is 7.12. The van der Waals surface area contributed by atoms with Crippen molar-refractivity contribution in [3.05, 3.63) is 35.4 Å². The number of β-lactam (4-membered cyclic amide) rings is 1. The van der Waals surface area contributed by atoms with Gasteiger partial charge >= 0.3 is 5.97 Å². The Morgan fingerprint density at radius 1 is 1.38 bits per heavy atom. The zero-order chi connectivity index (χ0) is 11.5. The molecule has 0 saturated carbocycles. The van der Waals surface area contributed by atoms with Crippen LogP contribution >= 0.6 is 0 Å². The fourth-order valence-electron chi connectivity index (χ4n) is 1.61. The number of nitrogens with zero attached hydrogens (tertiary/aromatic N) is 1. The van der Waals surface area contributed by atoms with Crippen LogP contribution in [0.3, 0.4) is 0 Å². The van der Waals surface area contributed by atoms with Crippen LogP contribution in [0.1, 0.15) is 22.3 Å². The van der Waals surface area contributed by atoms with E-state index in [0.29, 0.717) is 18.5 Å². The number of hydrogen-bond acceptors (Lipinski definition) is 3. The van der Waals surface area contributed by atoms with E-state index >= 15 is 0 Å². The molecule has 0 N–H and O–H groups in total. The molecule has 4 nitrogen and oxygen atoms in total. The van der Waals surface area contributed by atoms with Crippen LogP contribution in [0.5, 0.6) is 0 Å². The third kappa shape index (κ3) is 2.05. The topological polar surface area (TPSA) is 46.6 Å². The molecule has 1 heterocycles. The van der Waals surface area contributed by atoms with Crippen molar-refractivity contribution in [2.24, 2.45) is 0 Å². The highest BCUT2D eigenvalue weighted by Gasteiger charge is 2.23. The fraction of sp³-hybridized carbons (Fsp3) is 0.333. The Kier molecular flexibility index (Phi) is 2.90. The van der Waals surface area contributed by atoms with Crippen LogP contribution in [0.2, 0.25) is 0 Å². The van der Waals surface area contributed by atoms with Gasteiger partial charge in [0.05, 0.1) is 12.7 Å². The Morgan fingerprint density at radius 3 is 2.50 bits per heavy atom. The lowest BCUT2D eigenvalue weighted by atomic mass is 10.1. The first-order chi connectivity index (χ1) is 7.70. The quantitative estimate of drug-likeness (QED) is 0.567. The average molecular weight is 219 g/mol. The summed E-state index contributed by atoms with van der Waals surface area (Å²) in [5.41, 5.74) is 1.56. The predicted molar refractivity (Wildman–Crippen MR) is 57.8 cm³/mol. The van der Waals surface area contributed by atoms with Crippen LogP contribution in [0.25, 0.3) is 0 Å². The second-order valence-electron chi connectivity index (χ2n) is 3.75. The summed E-state index contributed by atoms with van der Waals surface area (Å²) in [6.45, 7) is 1.46. The van der Waals surface area contributed by atoms with Gasteiger partial charge in [0.25, 0.3) is 0 Å². The summed E-state index contributed by atoms with van der Waals surface area (Å²) in [5, 5.41) is 0. The molecular formula is C12H13NO3. The van der Waals surface area contributed by atoms with Gasteiger partial charge in [-0.05, 0) is 17.7 Å². The van der Waals surface area contributed by atoms with Gasteiger partial charge in [-0.3, -0.25) is 4.79 Å². The number of esters is 1. The van der Waals surface area contributed by atoms with Gasteiger partial charge in [0.1, 0.15) is 0 Å². The van der Waals surface area contributed by atoms with Crippen molar-refractivity contribution < 1.29 is 14.3 Å². The summed E-state index contributed by atoms with van der Waals surface area (Å²) >= 11 is 0. The number of amides is 1. The summed E-state index contributed by atoms with van der Waals surface area (Å²) in [5.74, 6) is -0.149. The van der Waals surface area contributed by atoms with Crippen LogP contribution in [-0.2, 0) is 16.1 Å². The monoisotopic (exact) mass is 219 g/mol. The van der Waals surface area contributed by atoms with E-state index in [1.165, 1.54) is 7.11 Å². The number of benzene rings is 1. The Labute approximate surface area is 93.8 Å². The highest BCUT2D eigenvalue weighted by Crippen LogP contribution is 2.14. The zero-order valence-electron chi connectivity index (χ0n) is 9.10. The van der Waals surface area contributed by atoms with Crippen molar-refractivity contribution in [2.45, 2.75) is 13.0 Å². The fourth-order valence-corrected chi connectivity index (χ4v) is 1.61. The van der Waals surface area contributed by atoms with Gasteiger partial charge in [0, 0.05) is 19.5 Å². The van der Waals surface area contributed by atoms with E-state index in [4.69, 9.17) is 0 Å². The van der Waals surface area contributed by atoms with Crippen LogP contribution in [0.4, 0.5) is 0 Å². The minimum Gasteiger partial charge on any atom is -0.465 e. The first kappa shape index (κ1) is 10.7. The Balaban J connectivity index is 2.01. The zero-order valence-corrected chi connectivity index (χ0v) is 9.10. The van der Waals surface area contributed by atoms with Crippen LogP contribution in [0, 0.1) is 0 Å². The average Bonchev–Trinajstić information content (AvgIpc) is 2.34. The number of carbonyl (C=O) groups is 2. The molecule has 1 saturated heterocycles. The van der Waals surface area contributed by atoms with Gasteiger partial charge in [-0.1, -0.05) is 12.1 Å². The molecule has 1 aliphatic heterocycles. The highest BCUT2D eigenvalue weighted by molar-refractivity contribution is 5.89. The minimum atomic E-state index is -0.341. The van der Waals surface area contributed by atoms with Gasteiger partial charge in [-0.15, -0.1) is 0 Å². The van der Waals surface area contributed by atoms with Crippen molar-refractivity contribution in [1.29, 1.82) is 0 Å². The van der Waals surface area contributed by atoms with E-state index in [1.54, 1.807) is 17.0 Å². The van der Waals surface area contributed by atoms with Gasteiger partial charge in [-0.2, -0.15) is 0 Å². The maximum absolute atomic E-state index is 11.2. The molecule has 84 valence electrons. The van der Waals surface area contributed by atoms with Gasteiger partial charge in [0.2, 0.25) is 5.91 Å². The molecule has 0 spiro atoms. The van der Waals surface area contributed by atoms with Crippen LogP contribution < -0.4 is 0 Å². The third-order valence-corrected chi connectivity index (χ3v) is 2.70. The molecular weight excluding hydrogens is 206 g/mol. The summed E-state index contributed by atoms with van der Waals surface area (Å²) in [6.07, 6.45) is 0.653. The number of rotatable bonds is 3. The number of carbonyl (C=O) groups excluding carboxylic acids is 2. The molecule has 0 unspecified atom stereocenters. The normalized spacial score (nSPS) is 14.6. The molecule has 2 rings (SSSR count). The summed E-state index contributed by atoms with van der Waals surface area (Å²) < 4.78 is 4.60. The number of likely N-dealkylation sites (tertiary alicyclic amines) is 1. The maximum Gasteiger partial charge on any atom is 0.337 e. The Morgan fingerprint density at radius 2 is 2.06 bits per heavy atom. The molecule has 1 aromatic rings.